The molecule has 144 valence electrons. The van der Waals surface area contributed by atoms with Crippen LogP contribution in [0.2, 0.25) is 0 Å². The minimum atomic E-state index is -1.03. The molecule has 0 aliphatic rings. The van der Waals surface area contributed by atoms with E-state index in [4.69, 9.17) is 0 Å². The van der Waals surface area contributed by atoms with Crippen molar-refractivity contribution >= 4 is 35.3 Å². The summed E-state index contributed by atoms with van der Waals surface area (Å²) in [7, 11) is 0. The summed E-state index contributed by atoms with van der Waals surface area (Å²) >= 11 is 1.64. The first-order valence-electron chi connectivity index (χ1n) is 8.70. The van der Waals surface area contributed by atoms with Crippen LogP contribution in [0.1, 0.15) is 35.1 Å². The molecular formula is C19H24N4O3S. The Labute approximate surface area is 163 Å². The first-order valence-corrected chi connectivity index (χ1v) is 9.85. The van der Waals surface area contributed by atoms with Gasteiger partial charge in [-0.1, -0.05) is 13.0 Å². The normalized spacial score (nSPS) is 11.7. The average molecular weight is 388 g/mol. The molecule has 8 heteroatoms. The zero-order valence-electron chi connectivity index (χ0n) is 15.7. The number of hydrogen-bond acceptors (Lipinski definition) is 6. The second kappa shape index (κ2) is 9.91. The van der Waals surface area contributed by atoms with Crippen molar-refractivity contribution in [1.29, 1.82) is 0 Å². The molecule has 0 saturated heterocycles. The Kier molecular flexibility index (Phi) is 7.60. The third-order valence-corrected chi connectivity index (χ3v) is 4.65. The molecule has 2 rings (SSSR count). The Hall–Kier alpha value is -2.61. The van der Waals surface area contributed by atoms with E-state index in [1.165, 1.54) is 0 Å². The molecule has 0 aliphatic heterocycles. The Balaban J connectivity index is 2.08. The topological polar surface area (TPSA) is 104 Å². The standard InChI is InChI=1S/C19H24N4O3S/c1-4-27-9-8-16(18(25)26)23-17(24)14-6-5-7-15(11-14)22-19-20-12(2)10-13(3)21-19/h5-7,10-11,16H,4,8-9H2,1-3H3,(H,23,24)(H,25,26)(H,20,21,22). The fourth-order valence-corrected chi connectivity index (χ4v) is 3.18. The minimum absolute atomic E-state index is 0.374. The van der Waals surface area contributed by atoms with E-state index in [0.717, 1.165) is 17.1 Å². The number of carbonyl (C=O) groups is 2. The Morgan fingerprint density at radius 2 is 1.89 bits per heavy atom. The smallest absolute Gasteiger partial charge is 0.326 e. The number of thioether (sulfide) groups is 1. The number of aromatic nitrogens is 2. The van der Waals surface area contributed by atoms with Gasteiger partial charge in [0.1, 0.15) is 6.04 Å². The number of benzene rings is 1. The van der Waals surface area contributed by atoms with Gasteiger partial charge in [0.25, 0.3) is 5.91 Å². The number of aryl methyl sites for hydroxylation is 2. The molecule has 1 heterocycles. The number of nitrogens with zero attached hydrogens (tertiary/aromatic N) is 2. The van der Waals surface area contributed by atoms with Gasteiger partial charge in [-0.05, 0) is 56.0 Å². The summed E-state index contributed by atoms with van der Waals surface area (Å²) in [6, 6.07) is 7.78. The molecule has 2 aromatic rings. The molecule has 1 amide bonds. The first kappa shape index (κ1) is 20.7. The Morgan fingerprint density at radius 1 is 1.19 bits per heavy atom. The van der Waals surface area contributed by atoms with Crippen LogP contribution >= 0.6 is 11.8 Å². The highest BCUT2D eigenvalue weighted by Crippen LogP contribution is 2.16. The summed E-state index contributed by atoms with van der Waals surface area (Å²) in [6.07, 6.45) is 0.383. The largest absolute Gasteiger partial charge is 0.480 e. The molecule has 1 atom stereocenters. The fourth-order valence-electron chi connectivity index (χ4n) is 2.49. The number of carbonyl (C=O) groups excluding carboxylic acids is 1. The zero-order valence-corrected chi connectivity index (χ0v) is 16.5. The van der Waals surface area contributed by atoms with E-state index in [1.807, 2.05) is 26.8 Å². The SMILES string of the molecule is CCSCCC(NC(=O)c1cccc(Nc2nc(C)cc(C)n2)c1)C(=O)O. The molecule has 1 unspecified atom stereocenters. The average Bonchev–Trinajstić information content (AvgIpc) is 2.60. The van der Waals surface area contributed by atoms with E-state index in [1.54, 1.807) is 36.0 Å². The molecular weight excluding hydrogens is 364 g/mol. The van der Waals surface area contributed by atoms with Gasteiger partial charge < -0.3 is 15.7 Å². The van der Waals surface area contributed by atoms with Gasteiger partial charge in [-0.3, -0.25) is 4.79 Å². The van der Waals surface area contributed by atoms with Crippen LogP contribution in [0, 0.1) is 13.8 Å². The Morgan fingerprint density at radius 3 is 2.52 bits per heavy atom. The number of nitrogens with one attached hydrogen (secondary N) is 2. The number of hydrogen-bond donors (Lipinski definition) is 3. The number of anilines is 2. The van der Waals surface area contributed by atoms with Gasteiger partial charge in [0.2, 0.25) is 5.95 Å². The van der Waals surface area contributed by atoms with Gasteiger partial charge in [0.05, 0.1) is 0 Å². The second-order valence-corrected chi connectivity index (χ2v) is 7.42. The van der Waals surface area contributed by atoms with Gasteiger partial charge >= 0.3 is 5.97 Å². The molecule has 0 saturated carbocycles. The molecule has 0 fully saturated rings. The molecule has 1 aromatic heterocycles. The summed E-state index contributed by atoms with van der Waals surface area (Å²) in [6.45, 7) is 5.77. The number of amides is 1. The van der Waals surface area contributed by atoms with E-state index in [0.29, 0.717) is 29.4 Å². The number of carboxylic acid groups (broad SMARTS) is 1. The van der Waals surface area contributed by atoms with Crippen LogP contribution in [-0.4, -0.2) is 44.5 Å². The van der Waals surface area contributed by atoms with Crippen molar-refractivity contribution < 1.29 is 14.7 Å². The van der Waals surface area contributed by atoms with Crippen LogP contribution in [0.5, 0.6) is 0 Å². The second-order valence-electron chi connectivity index (χ2n) is 6.03. The maximum atomic E-state index is 12.5. The van der Waals surface area contributed by atoms with Crippen molar-refractivity contribution in [2.75, 3.05) is 16.8 Å². The van der Waals surface area contributed by atoms with E-state index < -0.39 is 17.9 Å². The lowest BCUT2D eigenvalue weighted by Crippen LogP contribution is -2.41. The lowest BCUT2D eigenvalue weighted by atomic mass is 10.1. The highest BCUT2D eigenvalue weighted by atomic mass is 32.2. The molecule has 1 aromatic carbocycles. The van der Waals surface area contributed by atoms with Crippen LogP contribution in [0.4, 0.5) is 11.6 Å². The number of rotatable bonds is 9. The summed E-state index contributed by atoms with van der Waals surface area (Å²) in [5, 5.41) is 15.0. The van der Waals surface area contributed by atoms with Gasteiger partial charge in [-0.25, -0.2) is 14.8 Å². The molecule has 0 radical (unpaired) electrons. The van der Waals surface area contributed by atoms with E-state index in [9.17, 15) is 14.7 Å². The summed E-state index contributed by atoms with van der Waals surface area (Å²) in [5.74, 6) is 0.588. The lowest BCUT2D eigenvalue weighted by Gasteiger charge is -2.15. The first-order chi connectivity index (χ1) is 12.9. The van der Waals surface area contributed by atoms with Crippen molar-refractivity contribution in [2.45, 2.75) is 33.2 Å². The quantitative estimate of drug-likeness (QED) is 0.567. The summed E-state index contributed by atoms with van der Waals surface area (Å²) < 4.78 is 0. The van der Waals surface area contributed by atoms with Gasteiger partial charge in [-0.15, -0.1) is 0 Å². The monoisotopic (exact) mass is 388 g/mol. The third-order valence-electron chi connectivity index (χ3n) is 3.72. The van der Waals surface area contributed by atoms with Crippen LogP contribution in [0.15, 0.2) is 30.3 Å². The Bertz CT molecular complexity index is 793. The lowest BCUT2D eigenvalue weighted by molar-refractivity contribution is -0.139. The third kappa shape index (κ3) is 6.56. The van der Waals surface area contributed by atoms with Crippen molar-refractivity contribution in [2.24, 2.45) is 0 Å². The van der Waals surface area contributed by atoms with Crippen LogP contribution < -0.4 is 10.6 Å². The van der Waals surface area contributed by atoms with E-state index in [2.05, 4.69) is 20.6 Å². The van der Waals surface area contributed by atoms with Gasteiger partial charge in [-0.2, -0.15) is 11.8 Å². The molecule has 27 heavy (non-hydrogen) atoms. The number of aliphatic carboxylic acids is 1. The fraction of sp³-hybridized carbons (Fsp3) is 0.368. The predicted octanol–water partition coefficient (Wildman–Crippen LogP) is 3.16. The number of carboxylic acids is 1. The highest BCUT2D eigenvalue weighted by Gasteiger charge is 2.20. The molecule has 3 N–H and O–H groups in total. The molecule has 0 aliphatic carbocycles. The van der Waals surface area contributed by atoms with Crippen molar-refractivity contribution in [3.63, 3.8) is 0 Å². The van der Waals surface area contributed by atoms with Gasteiger partial charge in [0.15, 0.2) is 0 Å². The zero-order chi connectivity index (χ0) is 19.8. The summed E-state index contributed by atoms with van der Waals surface area (Å²) in [4.78, 5) is 32.5. The van der Waals surface area contributed by atoms with E-state index >= 15 is 0 Å². The predicted molar refractivity (Wildman–Crippen MR) is 108 cm³/mol. The molecule has 0 spiro atoms. The summed E-state index contributed by atoms with van der Waals surface area (Å²) in [5.41, 5.74) is 2.71. The minimum Gasteiger partial charge on any atom is -0.480 e. The van der Waals surface area contributed by atoms with Crippen LogP contribution in [0.3, 0.4) is 0 Å². The maximum absolute atomic E-state index is 12.5. The van der Waals surface area contributed by atoms with Crippen molar-refractivity contribution in [1.82, 2.24) is 15.3 Å². The van der Waals surface area contributed by atoms with Crippen LogP contribution in [0.25, 0.3) is 0 Å². The van der Waals surface area contributed by atoms with Crippen LogP contribution in [-0.2, 0) is 4.79 Å². The van der Waals surface area contributed by atoms with E-state index in [-0.39, 0.29) is 0 Å². The molecule has 0 bridgehead atoms. The van der Waals surface area contributed by atoms with Crippen molar-refractivity contribution in [3.05, 3.63) is 47.3 Å². The molecule has 7 nitrogen and oxygen atoms in total. The van der Waals surface area contributed by atoms with Crippen molar-refractivity contribution in [3.8, 4) is 0 Å². The maximum Gasteiger partial charge on any atom is 0.326 e. The highest BCUT2D eigenvalue weighted by molar-refractivity contribution is 7.99. The van der Waals surface area contributed by atoms with Gasteiger partial charge in [0, 0.05) is 22.6 Å².